The SMILES string of the molecule is COC(=O)[C@@H]1CCCCCCCCCC(C)(C)[C@H](NC(=O)OC(C)(C)C)C(=O)N2CC3[C@@H]([C@H]2C(=O)N1)C3(C)C. The van der Waals surface area contributed by atoms with Crippen molar-refractivity contribution >= 4 is 23.9 Å². The first kappa shape index (κ1) is 31.2. The lowest BCUT2D eigenvalue weighted by Crippen LogP contribution is -2.61. The Hall–Kier alpha value is -2.32. The van der Waals surface area contributed by atoms with Crippen LogP contribution < -0.4 is 10.6 Å². The fourth-order valence-corrected chi connectivity index (χ4v) is 6.60. The summed E-state index contributed by atoms with van der Waals surface area (Å²) in [4.78, 5) is 55.2. The van der Waals surface area contributed by atoms with Gasteiger partial charge in [-0.05, 0) is 56.3 Å². The second-order valence-electron chi connectivity index (χ2n) is 14.1. The van der Waals surface area contributed by atoms with E-state index in [4.69, 9.17) is 9.47 Å². The summed E-state index contributed by atoms with van der Waals surface area (Å²) in [6.07, 6.45) is 7.69. The zero-order valence-electron chi connectivity index (χ0n) is 25.4. The zero-order valence-corrected chi connectivity index (χ0v) is 25.4. The molecule has 0 aromatic carbocycles. The second kappa shape index (κ2) is 12.0. The molecule has 2 saturated heterocycles. The number of methoxy groups -OCH3 is 1. The van der Waals surface area contributed by atoms with Gasteiger partial charge in [-0.2, -0.15) is 0 Å². The molecule has 0 spiro atoms. The molecule has 1 unspecified atom stereocenters. The van der Waals surface area contributed by atoms with Crippen LogP contribution in [0.3, 0.4) is 0 Å². The first-order valence-corrected chi connectivity index (χ1v) is 14.8. The van der Waals surface area contributed by atoms with Gasteiger partial charge in [0.1, 0.15) is 23.7 Å². The predicted molar refractivity (Wildman–Crippen MR) is 149 cm³/mol. The molecule has 0 aromatic heterocycles. The van der Waals surface area contributed by atoms with E-state index in [2.05, 4.69) is 24.5 Å². The molecule has 2 heterocycles. The Kier molecular flexibility index (Phi) is 9.64. The van der Waals surface area contributed by atoms with Gasteiger partial charge in [0.2, 0.25) is 11.8 Å². The molecule has 39 heavy (non-hydrogen) atoms. The largest absolute Gasteiger partial charge is 0.467 e. The quantitative estimate of drug-likeness (QED) is 0.488. The lowest BCUT2D eigenvalue weighted by Gasteiger charge is -2.39. The summed E-state index contributed by atoms with van der Waals surface area (Å²) < 4.78 is 10.5. The van der Waals surface area contributed by atoms with Crippen molar-refractivity contribution in [3.05, 3.63) is 0 Å². The minimum atomic E-state index is -0.852. The van der Waals surface area contributed by atoms with Crippen LogP contribution in [-0.2, 0) is 23.9 Å². The summed E-state index contributed by atoms with van der Waals surface area (Å²) >= 11 is 0. The van der Waals surface area contributed by atoms with Crippen LogP contribution in [0.4, 0.5) is 4.79 Å². The standard InChI is InChI=1S/C30H51N3O6/c1-28(2,3)39-27(37)32-23-25(35)33-18-19-21(30(19,6)7)22(33)24(34)31-20(26(36)38-8)16-14-12-10-9-11-13-15-17-29(23,4)5/h19-23H,9-18H2,1-8H3,(H,31,34)(H,32,37)/t19?,20-,21-,22-,23+/m0/s1. The number of carbonyl (C=O) groups is 4. The summed E-state index contributed by atoms with van der Waals surface area (Å²) in [5.74, 6) is -0.881. The molecule has 3 rings (SSSR count). The molecule has 9 nitrogen and oxygen atoms in total. The molecular formula is C30H51N3O6. The second-order valence-corrected chi connectivity index (χ2v) is 14.1. The minimum Gasteiger partial charge on any atom is -0.467 e. The number of carbonyl (C=O) groups excluding carboxylic acids is 4. The number of amides is 3. The highest BCUT2D eigenvalue weighted by Gasteiger charge is 2.70. The molecule has 9 heteroatoms. The van der Waals surface area contributed by atoms with Gasteiger partial charge < -0.3 is 25.0 Å². The maximum absolute atomic E-state index is 14.3. The molecule has 1 saturated carbocycles. The van der Waals surface area contributed by atoms with E-state index in [9.17, 15) is 19.2 Å². The van der Waals surface area contributed by atoms with Gasteiger partial charge in [0, 0.05) is 6.54 Å². The maximum Gasteiger partial charge on any atom is 0.408 e. The van der Waals surface area contributed by atoms with E-state index in [1.54, 1.807) is 25.7 Å². The predicted octanol–water partition coefficient (Wildman–Crippen LogP) is 4.57. The van der Waals surface area contributed by atoms with E-state index in [-0.39, 0.29) is 29.1 Å². The summed E-state index contributed by atoms with van der Waals surface area (Å²) in [5.41, 5.74) is -1.35. The van der Waals surface area contributed by atoms with E-state index in [1.807, 2.05) is 13.8 Å². The summed E-state index contributed by atoms with van der Waals surface area (Å²) in [5, 5.41) is 5.82. The molecule has 2 N–H and O–H groups in total. The van der Waals surface area contributed by atoms with Crippen LogP contribution in [0.15, 0.2) is 0 Å². The Labute approximate surface area is 234 Å². The third-order valence-electron chi connectivity index (χ3n) is 9.07. The number of hydrogen-bond acceptors (Lipinski definition) is 6. The maximum atomic E-state index is 14.3. The number of alkyl carbamates (subject to hydrolysis) is 1. The lowest BCUT2D eigenvalue weighted by atomic mass is 9.78. The summed E-state index contributed by atoms with van der Waals surface area (Å²) in [7, 11) is 1.33. The summed E-state index contributed by atoms with van der Waals surface area (Å²) in [6.45, 7) is 14.1. The van der Waals surface area contributed by atoms with Gasteiger partial charge in [-0.15, -0.1) is 0 Å². The molecule has 0 aromatic rings. The number of nitrogens with one attached hydrogen (secondary N) is 2. The van der Waals surface area contributed by atoms with E-state index >= 15 is 0 Å². The van der Waals surface area contributed by atoms with Crippen molar-refractivity contribution in [1.82, 2.24) is 15.5 Å². The molecule has 222 valence electrons. The number of hydrogen-bond donors (Lipinski definition) is 2. The molecule has 5 atom stereocenters. The molecule has 0 radical (unpaired) electrons. The lowest BCUT2D eigenvalue weighted by molar-refractivity contribution is -0.148. The minimum absolute atomic E-state index is 0.00730. The molecule has 1 aliphatic carbocycles. The Morgan fingerprint density at radius 2 is 1.56 bits per heavy atom. The van der Waals surface area contributed by atoms with E-state index in [0.717, 1.165) is 51.4 Å². The van der Waals surface area contributed by atoms with Gasteiger partial charge in [-0.3, -0.25) is 9.59 Å². The van der Waals surface area contributed by atoms with Crippen molar-refractivity contribution < 1.29 is 28.7 Å². The smallest absolute Gasteiger partial charge is 0.408 e. The van der Waals surface area contributed by atoms with Crippen molar-refractivity contribution in [2.24, 2.45) is 22.7 Å². The van der Waals surface area contributed by atoms with Crippen molar-refractivity contribution in [1.29, 1.82) is 0 Å². The third kappa shape index (κ3) is 7.46. The molecule has 3 fully saturated rings. The van der Waals surface area contributed by atoms with Crippen LogP contribution in [0.1, 0.15) is 106 Å². The fraction of sp³-hybridized carbons (Fsp3) is 0.867. The Balaban J connectivity index is 1.94. The highest BCUT2D eigenvalue weighted by Crippen LogP contribution is 2.65. The number of ether oxygens (including phenoxy) is 2. The van der Waals surface area contributed by atoms with Crippen LogP contribution in [0.5, 0.6) is 0 Å². The van der Waals surface area contributed by atoms with Gasteiger partial charge in [-0.25, -0.2) is 9.59 Å². The first-order valence-electron chi connectivity index (χ1n) is 14.8. The third-order valence-corrected chi connectivity index (χ3v) is 9.07. The first-order chi connectivity index (χ1) is 18.1. The van der Waals surface area contributed by atoms with Crippen LogP contribution in [0.2, 0.25) is 0 Å². The zero-order chi connectivity index (χ0) is 29.2. The van der Waals surface area contributed by atoms with Gasteiger partial charge in [0.05, 0.1) is 7.11 Å². The number of esters is 1. The van der Waals surface area contributed by atoms with E-state index in [1.165, 1.54) is 7.11 Å². The number of fused-ring (bicyclic) bond motifs is 3. The topological polar surface area (TPSA) is 114 Å². The van der Waals surface area contributed by atoms with Crippen molar-refractivity contribution in [3.63, 3.8) is 0 Å². The highest BCUT2D eigenvalue weighted by molar-refractivity contribution is 5.95. The molecule has 2 aliphatic heterocycles. The van der Waals surface area contributed by atoms with Gasteiger partial charge in [0.15, 0.2) is 0 Å². The van der Waals surface area contributed by atoms with Crippen molar-refractivity contribution in [2.75, 3.05) is 13.7 Å². The van der Waals surface area contributed by atoms with Gasteiger partial charge in [0.25, 0.3) is 0 Å². The molecule has 3 aliphatic rings. The molecule has 0 bridgehead atoms. The average molecular weight is 550 g/mol. The van der Waals surface area contributed by atoms with Crippen LogP contribution >= 0.6 is 0 Å². The van der Waals surface area contributed by atoms with Crippen molar-refractivity contribution in [2.45, 2.75) is 130 Å². The van der Waals surface area contributed by atoms with Crippen molar-refractivity contribution in [3.8, 4) is 0 Å². The number of piperidine rings is 1. The monoisotopic (exact) mass is 549 g/mol. The Morgan fingerprint density at radius 1 is 0.974 bits per heavy atom. The van der Waals surface area contributed by atoms with E-state index in [0.29, 0.717) is 13.0 Å². The fourth-order valence-electron chi connectivity index (χ4n) is 6.60. The number of nitrogens with zero attached hydrogens (tertiary/aromatic N) is 1. The van der Waals surface area contributed by atoms with E-state index < -0.39 is 41.2 Å². The van der Waals surface area contributed by atoms with Gasteiger partial charge >= 0.3 is 12.1 Å². The molecular weight excluding hydrogens is 498 g/mol. The Bertz CT molecular complexity index is 924. The van der Waals surface area contributed by atoms with Crippen LogP contribution in [0.25, 0.3) is 0 Å². The van der Waals surface area contributed by atoms with Gasteiger partial charge in [-0.1, -0.05) is 72.6 Å². The molecule has 3 amide bonds. The summed E-state index contributed by atoms with van der Waals surface area (Å²) in [6, 6.07) is -2.31. The van der Waals surface area contributed by atoms with Crippen LogP contribution in [-0.4, -0.2) is 66.2 Å². The number of rotatable bonds is 2. The van der Waals surface area contributed by atoms with Crippen LogP contribution in [0, 0.1) is 22.7 Å². The average Bonchev–Trinajstić information content (AvgIpc) is 3.16. The normalized spacial score (nSPS) is 31.7. The Morgan fingerprint density at radius 3 is 2.15 bits per heavy atom. The highest BCUT2D eigenvalue weighted by atomic mass is 16.6.